The molecule has 0 fully saturated rings. The van der Waals surface area contributed by atoms with Crippen LogP contribution in [0, 0.1) is 0 Å². The molecule has 2 aromatic heterocycles. The zero-order valence-corrected chi connectivity index (χ0v) is 11.9. The molecule has 22 heavy (non-hydrogen) atoms. The molecule has 0 saturated heterocycles. The average Bonchev–Trinajstić information content (AvgIpc) is 2.95. The summed E-state index contributed by atoms with van der Waals surface area (Å²) < 4.78 is 7.86. The third-order valence-corrected chi connectivity index (χ3v) is 3.32. The summed E-state index contributed by atoms with van der Waals surface area (Å²) in [4.78, 5) is 23.3. The lowest BCUT2D eigenvalue weighted by molar-refractivity contribution is -0.118. The number of nitrogens with zero attached hydrogens (tertiary/aromatic N) is 3. The van der Waals surface area contributed by atoms with Gasteiger partial charge in [0, 0.05) is 18.0 Å². The second-order valence-electron chi connectivity index (χ2n) is 4.79. The Morgan fingerprint density at radius 2 is 2.00 bits per heavy atom. The number of rotatable bonds is 4. The van der Waals surface area contributed by atoms with Crippen molar-refractivity contribution in [2.45, 2.75) is 6.54 Å². The number of nitrogens with two attached hydrogens (primary N) is 1. The highest BCUT2D eigenvalue weighted by Gasteiger charge is 2.10. The third kappa shape index (κ3) is 2.44. The average molecular weight is 298 g/mol. The predicted octanol–water partition coefficient (Wildman–Crippen LogP) is 0.657. The summed E-state index contributed by atoms with van der Waals surface area (Å²) in [7, 11) is 1.60. The second-order valence-corrected chi connectivity index (χ2v) is 4.79. The third-order valence-electron chi connectivity index (χ3n) is 3.32. The Labute approximate surface area is 125 Å². The van der Waals surface area contributed by atoms with Crippen LogP contribution < -0.4 is 16.0 Å². The second kappa shape index (κ2) is 5.36. The Kier molecular flexibility index (Phi) is 3.38. The van der Waals surface area contributed by atoms with E-state index < -0.39 is 5.91 Å². The fourth-order valence-corrected chi connectivity index (χ4v) is 2.22. The van der Waals surface area contributed by atoms with E-state index in [-0.39, 0.29) is 12.1 Å². The summed E-state index contributed by atoms with van der Waals surface area (Å²) in [6.07, 6.45) is 3.11. The van der Waals surface area contributed by atoms with E-state index in [0.717, 1.165) is 11.3 Å². The Balaban J connectivity index is 2.07. The highest BCUT2D eigenvalue weighted by Crippen LogP contribution is 2.21. The SMILES string of the molecule is COc1ccc(-c2cc3c(=O)n(CC(N)=O)ccn3n2)cc1. The fraction of sp³-hybridized carbons (Fsp3) is 0.133. The molecule has 3 aromatic rings. The van der Waals surface area contributed by atoms with E-state index in [1.165, 1.54) is 15.3 Å². The van der Waals surface area contributed by atoms with Crippen molar-refractivity contribution in [3.05, 3.63) is 53.1 Å². The van der Waals surface area contributed by atoms with Crippen molar-refractivity contribution in [1.29, 1.82) is 0 Å². The molecule has 0 spiro atoms. The van der Waals surface area contributed by atoms with Crippen LogP contribution in [0.3, 0.4) is 0 Å². The molecule has 7 nitrogen and oxygen atoms in total. The van der Waals surface area contributed by atoms with E-state index in [9.17, 15) is 9.59 Å². The van der Waals surface area contributed by atoms with E-state index in [4.69, 9.17) is 10.5 Å². The number of primary amides is 1. The van der Waals surface area contributed by atoms with Crippen molar-refractivity contribution in [1.82, 2.24) is 14.2 Å². The first-order chi connectivity index (χ1) is 10.6. The van der Waals surface area contributed by atoms with Crippen LogP contribution >= 0.6 is 0 Å². The topological polar surface area (TPSA) is 91.6 Å². The van der Waals surface area contributed by atoms with Gasteiger partial charge in [0.2, 0.25) is 5.91 Å². The molecule has 0 unspecified atom stereocenters. The summed E-state index contributed by atoms with van der Waals surface area (Å²) in [5.74, 6) is 0.178. The smallest absolute Gasteiger partial charge is 0.277 e. The highest BCUT2D eigenvalue weighted by molar-refractivity contribution is 5.73. The lowest BCUT2D eigenvalue weighted by Crippen LogP contribution is -2.28. The van der Waals surface area contributed by atoms with Gasteiger partial charge in [0.15, 0.2) is 0 Å². The first kappa shape index (κ1) is 13.9. The van der Waals surface area contributed by atoms with E-state index in [1.807, 2.05) is 24.3 Å². The van der Waals surface area contributed by atoms with Gasteiger partial charge in [-0.05, 0) is 30.3 Å². The Morgan fingerprint density at radius 3 is 2.64 bits per heavy atom. The van der Waals surface area contributed by atoms with Gasteiger partial charge < -0.3 is 15.0 Å². The molecule has 2 heterocycles. The normalized spacial score (nSPS) is 10.8. The minimum Gasteiger partial charge on any atom is -0.497 e. The van der Waals surface area contributed by atoms with Crippen LogP contribution in [0.5, 0.6) is 5.75 Å². The number of methoxy groups -OCH3 is 1. The van der Waals surface area contributed by atoms with Gasteiger partial charge in [-0.2, -0.15) is 5.10 Å². The van der Waals surface area contributed by atoms with Crippen molar-refractivity contribution in [2.75, 3.05) is 7.11 Å². The van der Waals surface area contributed by atoms with Crippen LogP contribution in [-0.2, 0) is 11.3 Å². The van der Waals surface area contributed by atoms with Crippen molar-refractivity contribution in [3.8, 4) is 17.0 Å². The number of fused-ring (bicyclic) bond motifs is 1. The molecule has 0 aliphatic heterocycles. The van der Waals surface area contributed by atoms with Crippen LogP contribution in [0.2, 0.25) is 0 Å². The van der Waals surface area contributed by atoms with Crippen molar-refractivity contribution >= 4 is 11.4 Å². The minimum absolute atomic E-state index is 0.154. The summed E-state index contributed by atoms with van der Waals surface area (Å²) in [6, 6.07) is 9.06. The van der Waals surface area contributed by atoms with Crippen LogP contribution in [0.25, 0.3) is 16.8 Å². The number of benzene rings is 1. The summed E-state index contributed by atoms with van der Waals surface area (Å²) in [6.45, 7) is -0.154. The summed E-state index contributed by atoms with van der Waals surface area (Å²) in [5.41, 5.74) is 6.73. The minimum atomic E-state index is -0.568. The lowest BCUT2D eigenvalue weighted by Gasteiger charge is -2.01. The molecule has 2 N–H and O–H groups in total. The number of aromatic nitrogens is 3. The molecular formula is C15H14N4O3. The molecule has 112 valence electrons. The zero-order chi connectivity index (χ0) is 15.7. The molecular weight excluding hydrogens is 284 g/mol. The van der Waals surface area contributed by atoms with Gasteiger partial charge in [0.25, 0.3) is 5.56 Å². The molecule has 3 rings (SSSR count). The van der Waals surface area contributed by atoms with Crippen molar-refractivity contribution < 1.29 is 9.53 Å². The Morgan fingerprint density at radius 1 is 1.27 bits per heavy atom. The molecule has 0 bridgehead atoms. The number of hydrogen-bond donors (Lipinski definition) is 1. The molecule has 7 heteroatoms. The fourth-order valence-electron chi connectivity index (χ4n) is 2.22. The van der Waals surface area contributed by atoms with Crippen molar-refractivity contribution in [3.63, 3.8) is 0 Å². The van der Waals surface area contributed by atoms with Gasteiger partial charge in [-0.25, -0.2) is 4.52 Å². The van der Waals surface area contributed by atoms with Gasteiger partial charge in [0.1, 0.15) is 17.8 Å². The van der Waals surface area contributed by atoms with E-state index >= 15 is 0 Å². The quantitative estimate of drug-likeness (QED) is 0.766. The van der Waals surface area contributed by atoms with Crippen LogP contribution in [0.15, 0.2) is 47.5 Å². The maximum absolute atomic E-state index is 12.3. The van der Waals surface area contributed by atoms with E-state index in [0.29, 0.717) is 11.2 Å². The summed E-state index contributed by atoms with van der Waals surface area (Å²) in [5, 5.41) is 4.37. The van der Waals surface area contributed by atoms with Gasteiger partial charge in [-0.15, -0.1) is 0 Å². The van der Waals surface area contributed by atoms with Gasteiger partial charge in [-0.3, -0.25) is 9.59 Å². The van der Waals surface area contributed by atoms with Gasteiger partial charge in [0.05, 0.1) is 12.8 Å². The Hall–Kier alpha value is -3.09. The van der Waals surface area contributed by atoms with Crippen molar-refractivity contribution in [2.24, 2.45) is 5.73 Å². The first-order valence-corrected chi connectivity index (χ1v) is 6.60. The molecule has 1 amide bonds. The molecule has 0 radical (unpaired) electrons. The number of hydrogen-bond acceptors (Lipinski definition) is 4. The van der Waals surface area contributed by atoms with Gasteiger partial charge >= 0.3 is 0 Å². The summed E-state index contributed by atoms with van der Waals surface area (Å²) >= 11 is 0. The Bertz CT molecular complexity index is 893. The molecule has 0 aliphatic carbocycles. The number of carbonyl (C=O) groups excluding carboxylic acids is 1. The number of ether oxygens (including phenoxy) is 1. The molecule has 0 aliphatic rings. The maximum Gasteiger partial charge on any atom is 0.277 e. The first-order valence-electron chi connectivity index (χ1n) is 6.60. The lowest BCUT2D eigenvalue weighted by atomic mass is 10.1. The molecule has 1 aromatic carbocycles. The van der Waals surface area contributed by atoms with Gasteiger partial charge in [-0.1, -0.05) is 0 Å². The largest absolute Gasteiger partial charge is 0.497 e. The van der Waals surface area contributed by atoms with E-state index in [1.54, 1.807) is 19.4 Å². The van der Waals surface area contributed by atoms with Crippen LogP contribution in [0.4, 0.5) is 0 Å². The highest BCUT2D eigenvalue weighted by atomic mass is 16.5. The number of carbonyl (C=O) groups is 1. The van der Waals surface area contributed by atoms with E-state index in [2.05, 4.69) is 5.10 Å². The predicted molar refractivity (Wildman–Crippen MR) is 80.6 cm³/mol. The zero-order valence-electron chi connectivity index (χ0n) is 11.9. The molecule has 0 atom stereocenters. The molecule has 0 saturated carbocycles. The maximum atomic E-state index is 12.3. The number of amides is 1. The monoisotopic (exact) mass is 298 g/mol. The van der Waals surface area contributed by atoms with Crippen LogP contribution in [-0.4, -0.2) is 27.2 Å². The van der Waals surface area contributed by atoms with Crippen LogP contribution in [0.1, 0.15) is 0 Å². The standard InChI is InChI=1S/C15H14N4O3/c1-22-11-4-2-10(3-5-11)12-8-13-15(21)18(9-14(16)20)6-7-19(13)17-12/h2-8H,9H2,1H3,(H2,16,20).